The molecule has 2 atom stereocenters. The van der Waals surface area contributed by atoms with E-state index in [0.29, 0.717) is 19.1 Å². The van der Waals surface area contributed by atoms with Gasteiger partial charge in [0.2, 0.25) is 0 Å². The second-order valence-corrected chi connectivity index (χ2v) is 6.87. The van der Waals surface area contributed by atoms with E-state index in [9.17, 15) is 4.79 Å². The van der Waals surface area contributed by atoms with Crippen LogP contribution in [-0.4, -0.2) is 24.7 Å². The van der Waals surface area contributed by atoms with Crippen molar-refractivity contribution in [1.82, 2.24) is 0 Å². The number of hydrogen-bond acceptors (Lipinski definition) is 3. The summed E-state index contributed by atoms with van der Waals surface area (Å²) >= 11 is 0. The molecular formula is C20H31NO3. The number of carbonyl (C=O) groups excluding carboxylic acids is 1. The highest BCUT2D eigenvalue weighted by atomic mass is 16.5. The summed E-state index contributed by atoms with van der Waals surface area (Å²) < 4.78 is 11.6. The molecule has 134 valence electrons. The van der Waals surface area contributed by atoms with Crippen LogP contribution in [0.15, 0.2) is 24.3 Å². The van der Waals surface area contributed by atoms with Crippen LogP contribution in [0.4, 0.5) is 5.69 Å². The highest BCUT2D eigenvalue weighted by Crippen LogP contribution is 2.36. The fourth-order valence-corrected chi connectivity index (χ4v) is 3.30. The van der Waals surface area contributed by atoms with Gasteiger partial charge < -0.3 is 14.8 Å². The third-order valence-corrected chi connectivity index (χ3v) is 4.54. The Labute approximate surface area is 145 Å². The van der Waals surface area contributed by atoms with Crippen LogP contribution < -0.4 is 10.1 Å². The van der Waals surface area contributed by atoms with Crippen molar-refractivity contribution in [2.75, 3.05) is 18.5 Å². The summed E-state index contributed by atoms with van der Waals surface area (Å²) in [5.74, 6) is 1.34. The van der Waals surface area contributed by atoms with E-state index >= 15 is 0 Å². The van der Waals surface area contributed by atoms with Crippen molar-refractivity contribution in [3.8, 4) is 5.75 Å². The second kappa shape index (κ2) is 9.07. The number of ether oxygens (including phenoxy) is 2. The van der Waals surface area contributed by atoms with Crippen LogP contribution in [-0.2, 0) is 9.53 Å². The summed E-state index contributed by atoms with van der Waals surface area (Å²) in [6.07, 6.45) is 5.73. The van der Waals surface area contributed by atoms with Crippen molar-refractivity contribution in [3.05, 3.63) is 24.3 Å². The number of hydrogen-bond donors (Lipinski definition) is 1. The van der Waals surface area contributed by atoms with Gasteiger partial charge in [0, 0.05) is 12.3 Å². The SMILES string of the molecule is CCCOc1ccc(NC(=O)[C@@]2(OCCC)CCC[C@H](C)C2)cc1. The molecule has 0 unspecified atom stereocenters. The first-order valence-corrected chi connectivity index (χ1v) is 9.28. The predicted octanol–water partition coefficient (Wildman–Crippen LogP) is 4.79. The van der Waals surface area contributed by atoms with Crippen LogP contribution in [0.1, 0.15) is 59.3 Å². The van der Waals surface area contributed by atoms with Gasteiger partial charge in [0.15, 0.2) is 0 Å². The van der Waals surface area contributed by atoms with Crippen LogP contribution in [0.2, 0.25) is 0 Å². The van der Waals surface area contributed by atoms with Gasteiger partial charge in [0.05, 0.1) is 6.61 Å². The minimum absolute atomic E-state index is 0.00951. The van der Waals surface area contributed by atoms with Gasteiger partial charge in [-0.25, -0.2) is 0 Å². The molecule has 0 aliphatic heterocycles. The standard InChI is InChI=1S/C20H31NO3/c1-4-13-23-18-10-8-17(9-11-18)21-19(22)20(24-14-5-2)12-6-7-16(3)15-20/h8-11,16H,4-7,12-15H2,1-3H3,(H,21,22)/t16-,20+/m0/s1. The average molecular weight is 333 g/mol. The quantitative estimate of drug-likeness (QED) is 0.744. The Balaban J connectivity index is 2.04. The zero-order chi connectivity index (χ0) is 17.4. The van der Waals surface area contributed by atoms with E-state index in [1.165, 1.54) is 6.42 Å². The summed E-state index contributed by atoms with van der Waals surface area (Å²) in [4.78, 5) is 12.9. The molecule has 24 heavy (non-hydrogen) atoms. The van der Waals surface area contributed by atoms with E-state index in [2.05, 4.69) is 26.1 Å². The normalized spacial score (nSPS) is 23.7. The van der Waals surface area contributed by atoms with Gasteiger partial charge in [-0.05, 0) is 62.3 Å². The first-order valence-electron chi connectivity index (χ1n) is 9.28. The zero-order valence-electron chi connectivity index (χ0n) is 15.3. The van der Waals surface area contributed by atoms with Crippen molar-refractivity contribution >= 4 is 11.6 Å². The highest BCUT2D eigenvalue weighted by Gasteiger charge is 2.42. The number of rotatable bonds is 8. The molecule has 1 fully saturated rings. The molecule has 1 aromatic carbocycles. The lowest BCUT2D eigenvalue weighted by Gasteiger charge is -2.38. The Morgan fingerprint density at radius 1 is 1.21 bits per heavy atom. The molecule has 1 aromatic rings. The van der Waals surface area contributed by atoms with E-state index in [4.69, 9.17) is 9.47 Å². The van der Waals surface area contributed by atoms with Crippen LogP contribution in [0.5, 0.6) is 5.75 Å². The van der Waals surface area contributed by atoms with E-state index in [-0.39, 0.29) is 5.91 Å². The number of nitrogens with one attached hydrogen (secondary N) is 1. The van der Waals surface area contributed by atoms with Gasteiger partial charge >= 0.3 is 0 Å². The third-order valence-electron chi connectivity index (χ3n) is 4.54. The molecule has 2 rings (SSSR count). The predicted molar refractivity (Wildman–Crippen MR) is 97.5 cm³/mol. The van der Waals surface area contributed by atoms with Crippen molar-refractivity contribution in [2.24, 2.45) is 5.92 Å². The Morgan fingerprint density at radius 3 is 2.54 bits per heavy atom. The van der Waals surface area contributed by atoms with Crippen molar-refractivity contribution in [3.63, 3.8) is 0 Å². The number of benzene rings is 1. The zero-order valence-corrected chi connectivity index (χ0v) is 15.3. The van der Waals surface area contributed by atoms with E-state index < -0.39 is 5.60 Å². The van der Waals surface area contributed by atoms with Crippen LogP contribution in [0, 0.1) is 5.92 Å². The third kappa shape index (κ3) is 4.97. The van der Waals surface area contributed by atoms with Crippen molar-refractivity contribution in [1.29, 1.82) is 0 Å². The molecule has 1 saturated carbocycles. The molecule has 1 amide bonds. The lowest BCUT2D eigenvalue weighted by atomic mass is 9.78. The minimum atomic E-state index is -0.676. The van der Waals surface area contributed by atoms with Gasteiger partial charge in [-0.3, -0.25) is 4.79 Å². The van der Waals surface area contributed by atoms with Gasteiger partial charge in [-0.2, -0.15) is 0 Å². The molecule has 1 N–H and O–H groups in total. The molecule has 0 bridgehead atoms. The van der Waals surface area contributed by atoms with Crippen molar-refractivity contribution in [2.45, 2.75) is 64.9 Å². The second-order valence-electron chi connectivity index (χ2n) is 6.87. The number of amides is 1. The van der Waals surface area contributed by atoms with Crippen LogP contribution >= 0.6 is 0 Å². The Hall–Kier alpha value is -1.55. The maximum absolute atomic E-state index is 12.9. The van der Waals surface area contributed by atoms with E-state index in [1.807, 2.05) is 24.3 Å². The molecule has 1 aliphatic carbocycles. The number of anilines is 1. The topological polar surface area (TPSA) is 47.6 Å². The average Bonchev–Trinajstić information content (AvgIpc) is 2.59. The molecule has 0 aromatic heterocycles. The fourth-order valence-electron chi connectivity index (χ4n) is 3.30. The van der Waals surface area contributed by atoms with Gasteiger partial charge in [-0.1, -0.05) is 27.2 Å². The minimum Gasteiger partial charge on any atom is -0.494 e. The molecular weight excluding hydrogens is 302 g/mol. The molecule has 1 aliphatic rings. The summed E-state index contributed by atoms with van der Waals surface area (Å²) in [6.45, 7) is 7.69. The van der Waals surface area contributed by atoms with Gasteiger partial charge in [0.25, 0.3) is 5.91 Å². The molecule has 4 heteroatoms. The molecule has 4 nitrogen and oxygen atoms in total. The molecule has 0 saturated heterocycles. The van der Waals surface area contributed by atoms with Crippen molar-refractivity contribution < 1.29 is 14.3 Å². The van der Waals surface area contributed by atoms with Crippen LogP contribution in [0.25, 0.3) is 0 Å². The molecule has 0 heterocycles. The monoisotopic (exact) mass is 333 g/mol. The van der Waals surface area contributed by atoms with E-state index in [1.54, 1.807) is 0 Å². The summed E-state index contributed by atoms with van der Waals surface area (Å²) in [6, 6.07) is 7.58. The van der Waals surface area contributed by atoms with Gasteiger partial charge in [0.1, 0.15) is 11.4 Å². The van der Waals surface area contributed by atoms with E-state index in [0.717, 1.165) is 43.5 Å². The smallest absolute Gasteiger partial charge is 0.256 e. The maximum Gasteiger partial charge on any atom is 0.256 e. The summed E-state index contributed by atoms with van der Waals surface area (Å²) in [5, 5.41) is 3.05. The van der Waals surface area contributed by atoms with Gasteiger partial charge in [-0.15, -0.1) is 0 Å². The summed E-state index contributed by atoms with van der Waals surface area (Å²) in [7, 11) is 0. The molecule has 0 spiro atoms. The maximum atomic E-state index is 12.9. The Kier molecular flexibility index (Phi) is 7.10. The first-order chi connectivity index (χ1) is 11.6. The lowest BCUT2D eigenvalue weighted by molar-refractivity contribution is -0.148. The first kappa shape index (κ1) is 18.8. The van der Waals surface area contributed by atoms with Crippen LogP contribution in [0.3, 0.4) is 0 Å². The largest absolute Gasteiger partial charge is 0.494 e. The fraction of sp³-hybridized carbons (Fsp3) is 0.650. The number of carbonyl (C=O) groups is 1. The molecule has 0 radical (unpaired) electrons. The Morgan fingerprint density at radius 2 is 1.92 bits per heavy atom. The lowest BCUT2D eigenvalue weighted by Crippen LogP contribution is -2.48. The summed E-state index contributed by atoms with van der Waals surface area (Å²) in [5.41, 5.74) is 0.118. The highest BCUT2D eigenvalue weighted by molar-refractivity contribution is 5.97. The Bertz CT molecular complexity index is 514.